The van der Waals surface area contributed by atoms with Crippen molar-refractivity contribution in [1.82, 2.24) is 4.90 Å². The van der Waals surface area contributed by atoms with E-state index in [0.717, 1.165) is 42.5 Å². The van der Waals surface area contributed by atoms with Crippen LogP contribution in [0.5, 0.6) is 0 Å². The molecule has 27 heavy (non-hydrogen) atoms. The van der Waals surface area contributed by atoms with Crippen LogP contribution in [0, 0.1) is 5.92 Å². The molecule has 2 aromatic carbocycles. The van der Waals surface area contributed by atoms with E-state index in [2.05, 4.69) is 29.2 Å². The van der Waals surface area contributed by atoms with E-state index in [1.165, 1.54) is 0 Å². The minimum absolute atomic E-state index is 0.187. The highest BCUT2D eigenvalue weighted by Crippen LogP contribution is 2.29. The number of benzene rings is 2. The lowest BCUT2D eigenvalue weighted by Gasteiger charge is -2.32. The fraction of sp³-hybridized carbons (Fsp3) is 0.409. The van der Waals surface area contributed by atoms with Crippen LogP contribution in [0.15, 0.2) is 42.5 Å². The maximum Gasteiger partial charge on any atom is 0.225 e. The Balaban J connectivity index is 1.71. The van der Waals surface area contributed by atoms with Crippen LogP contribution in [0.1, 0.15) is 30.4 Å². The van der Waals surface area contributed by atoms with Crippen LogP contribution in [-0.2, 0) is 17.8 Å². The molecular formula is C22H26Cl2N2O. The standard InChI is InChI=1S/C22H26Cl2N2O/c1-25(2)20-10-6-16(7-11-20)15-26(22(27)18-4-3-5-18)13-12-17-8-9-19(23)14-21(17)24/h6-11,14,18H,3-5,12-13,15H2,1-2H3. The molecule has 0 aromatic heterocycles. The first-order chi connectivity index (χ1) is 12.9. The fourth-order valence-electron chi connectivity index (χ4n) is 3.28. The quantitative estimate of drug-likeness (QED) is 0.613. The molecule has 144 valence electrons. The minimum Gasteiger partial charge on any atom is -0.378 e. The third kappa shape index (κ3) is 5.18. The first-order valence-corrected chi connectivity index (χ1v) is 10.2. The molecule has 0 heterocycles. The molecule has 0 bridgehead atoms. The third-order valence-corrected chi connectivity index (χ3v) is 5.85. The van der Waals surface area contributed by atoms with Gasteiger partial charge in [0.1, 0.15) is 0 Å². The molecular weight excluding hydrogens is 379 g/mol. The van der Waals surface area contributed by atoms with Crippen molar-refractivity contribution in [2.75, 3.05) is 25.5 Å². The zero-order chi connectivity index (χ0) is 19.4. The predicted octanol–water partition coefficient (Wildman–Crippen LogP) is 5.43. The molecule has 1 aliphatic rings. The van der Waals surface area contributed by atoms with Gasteiger partial charge in [0, 0.05) is 48.8 Å². The largest absolute Gasteiger partial charge is 0.378 e. The second-order valence-electron chi connectivity index (χ2n) is 7.43. The summed E-state index contributed by atoms with van der Waals surface area (Å²) in [6.07, 6.45) is 3.90. The summed E-state index contributed by atoms with van der Waals surface area (Å²) in [5.41, 5.74) is 3.33. The molecule has 3 nitrogen and oxygen atoms in total. The van der Waals surface area contributed by atoms with Gasteiger partial charge in [-0.2, -0.15) is 0 Å². The summed E-state index contributed by atoms with van der Waals surface area (Å²) in [6.45, 7) is 1.29. The molecule has 5 heteroatoms. The normalized spacial score (nSPS) is 13.9. The zero-order valence-corrected chi connectivity index (χ0v) is 17.4. The highest BCUT2D eigenvalue weighted by atomic mass is 35.5. The van der Waals surface area contributed by atoms with Gasteiger partial charge in [0.2, 0.25) is 5.91 Å². The van der Waals surface area contributed by atoms with Crippen LogP contribution in [0.4, 0.5) is 5.69 Å². The van der Waals surface area contributed by atoms with Crippen molar-refractivity contribution in [3.63, 3.8) is 0 Å². The average Bonchev–Trinajstić information content (AvgIpc) is 2.58. The number of hydrogen-bond acceptors (Lipinski definition) is 2. The van der Waals surface area contributed by atoms with E-state index >= 15 is 0 Å². The monoisotopic (exact) mass is 404 g/mol. The van der Waals surface area contributed by atoms with Crippen LogP contribution in [0.3, 0.4) is 0 Å². The number of nitrogens with zero attached hydrogens (tertiary/aromatic N) is 2. The molecule has 0 aliphatic heterocycles. The maximum absolute atomic E-state index is 12.9. The molecule has 1 fully saturated rings. The highest BCUT2D eigenvalue weighted by molar-refractivity contribution is 6.35. The lowest BCUT2D eigenvalue weighted by molar-refractivity contribution is -0.138. The molecule has 0 spiro atoms. The van der Waals surface area contributed by atoms with Gasteiger partial charge in [0.15, 0.2) is 0 Å². The Bertz CT molecular complexity index is 785. The molecule has 0 unspecified atom stereocenters. The van der Waals surface area contributed by atoms with Crippen molar-refractivity contribution in [3.8, 4) is 0 Å². The van der Waals surface area contributed by atoms with Crippen LogP contribution in [0.2, 0.25) is 10.0 Å². The number of rotatable bonds is 7. The first-order valence-electron chi connectivity index (χ1n) is 9.43. The summed E-state index contributed by atoms with van der Waals surface area (Å²) in [5, 5.41) is 1.29. The van der Waals surface area contributed by atoms with Gasteiger partial charge in [-0.05, 0) is 54.7 Å². The molecule has 0 N–H and O–H groups in total. The Kier molecular flexibility index (Phi) is 6.67. The van der Waals surface area contributed by atoms with Crippen LogP contribution in [0.25, 0.3) is 0 Å². The van der Waals surface area contributed by atoms with Gasteiger partial charge in [-0.25, -0.2) is 0 Å². The average molecular weight is 405 g/mol. The van der Waals surface area contributed by atoms with Gasteiger partial charge in [0.05, 0.1) is 0 Å². The van der Waals surface area contributed by atoms with E-state index in [1.807, 2.05) is 31.1 Å². The second-order valence-corrected chi connectivity index (χ2v) is 8.28. The topological polar surface area (TPSA) is 23.6 Å². The SMILES string of the molecule is CN(C)c1ccc(CN(CCc2ccc(Cl)cc2Cl)C(=O)C2CCC2)cc1. The van der Waals surface area contributed by atoms with Gasteiger partial charge >= 0.3 is 0 Å². The van der Waals surface area contributed by atoms with Crippen molar-refractivity contribution >= 4 is 34.8 Å². The number of anilines is 1. The Morgan fingerprint density at radius 3 is 2.33 bits per heavy atom. The Morgan fingerprint density at radius 1 is 1.07 bits per heavy atom. The van der Waals surface area contributed by atoms with Crippen LogP contribution in [-0.4, -0.2) is 31.4 Å². The van der Waals surface area contributed by atoms with Gasteiger partial charge in [-0.15, -0.1) is 0 Å². The maximum atomic E-state index is 12.9. The third-order valence-electron chi connectivity index (χ3n) is 5.26. The predicted molar refractivity (Wildman–Crippen MR) is 114 cm³/mol. The van der Waals surface area contributed by atoms with Crippen LogP contribution >= 0.6 is 23.2 Å². The number of amides is 1. The number of halogens is 2. The molecule has 1 amide bonds. The van der Waals surface area contributed by atoms with Gasteiger partial charge in [-0.1, -0.05) is 47.8 Å². The summed E-state index contributed by atoms with van der Waals surface area (Å²) in [7, 11) is 4.05. The highest BCUT2D eigenvalue weighted by Gasteiger charge is 2.29. The molecule has 1 saturated carbocycles. The number of carbonyl (C=O) groups excluding carboxylic acids is 1. The molecule has 0 radical (unpaired) electrons. The van der Waals surface area contributed by atoms with Gasteiger partial charge < -0.3 is 9.80 Å². The summed E-state index contributed by atoms with van der Waals surface area (Å²) in [5.74, 6) is 0.453. The summed E-state index contributed by atoms with van der Waals surface area (Å²) >= 11 is 12.3. The zero-order valence-electron chi connectivity index (χ0n) is 15.9. The summed E-state index contributed by atoms with van der Waals surface area (Å²) < 4.78 is 0. The van der Waals surface area contributed by atoms with Crippen molar-refractivity contribution < 1.29 is 4.79 Å². The van der Waals surface area contributed by atoms with Crippen molar-refractivity contribution in [3.05, 3.63) is 63.6 Å². The van der Waals surface area contributed by atoms with E-state index in [4.69, 9.17) is 23.2 Å². The van der Waals surface area contributed by atoms with E-state index < -0.39 is 0 Å². The van der Waals surface area contributed by atoms with Crippen molar-refractivity contribution in [1.29, 1.82) is 0 Å². The Morgan fingerprint density at radius 2 is 1.78 bits per heavy atom. The Labute approximate surface area is 171 Å². The second kappa shape index (κ2) is 8.99. The number of carbonyl (C=O) groups is 1. The molecule has 2 aromatic rings. The van der Waals surface area contributed by atoms with E-state index in [9.17, 15) is 4.79 Å². The molecule has 1 aliphatic carbocycles. The molecule has 0 atom stereocenters. The minimum atomic E-state index is 0.187. The van der Waals surface area contributed by atoms with Crippen molar-refractivity contribution in [2.24, 2.45) is 5.92 Å². The van der Waals surface area contributed by atoms with Crippen LogP contribution < -0.4 is 4.90 Å². The molecule has 3 rings (SSSR count). The summed E-state index contributed by atoms with van der Waals surface area (Å²) in [6, 6.07) is 14.0. The van der Waals surface area contributed by atoms with E-state index in [-0.39, 0.29) is 11.8 Å². The summed E-state index contributed by atoms with van der Waals surface area (Å²) in [4.78, 5) is 17.0. The van der Waals surface area contributed by atoms with E-state index in [0.29, 0.717) is 23.1 Å². The number of hydrogen-bond donors (Lipinski definition) is 0. The molecule has 0 saturated heterocycles. The van der Waals surface area contributed by atoms with E-state index in [1.54, 1.807) is 6.07 Å². The lowest BCUT2D eigenvalue weighted by atomic mass is 9.84. The van der Waals surface area contributed by atoms with Crippen molar-refractivity contribution in [2.45, 2.75) is 32.2 Å². The first kappa shape index (κ1) is 20.0. The smallest absolute Gasteiger partial charge is 0.225 e. The van der Waals surface area contributed by atoms with Gasteiger partial charge in [-0.3, -0.25) is 4.79 Å². The van der Waals surface area contributed by atoms with Gasteiger partial charge in [0.25, 0.3) is 0 Å². The fourth-order valence-corrected chi connectivity index (χ4v) is 3.78. The lowest BCUT2D eigenvalue weighted by Crippen LogP contribution is -2.39. The Hall–Kier alpha value is -1.71.